The Kier molecular flexibility index (Phi) is 3.43. The molecule has 0 aliphatic carbocycles. The normalized spacial score (nSPS) is 10.0. The highest BCUT2D eigenvalue weighted by Gasteiger charge is 2.15. The highest BCUT2D eigenvalue weighted by atomic mass is 16.5. The third-order valence-corrected chi connectivity index (χ3v) is 2.24. The smallest absolute Gasteiger partial charge is 0.358 e. The molecule has 5 nitrogen and oxygen atoms in total. The van der Waals surface area contributed by atoms with Crippen LogP contribution in [0.1, 0.15) is 10.5 Å². The third kappa shape index (κ3) is 2.40. The molecule has 1 aromatic carbocycles. The first-order valence-corrected chi connectivity index (χ1v) is 5.25. The summed E-state index contributed by atoms with van der Waals surface area (Å²) >= 11 is 0. The predicted molar refractivity (Wildman–Crippen MR) is 64.6 cm³/mol. The number of ether oxygens (including phenoxy) is 1. The van der Waals surface area contributed by atoms with Crippen LogP contribution < -0.4 is 4.74 Å². The number of carbonyl (C=O) groups is 1. The Bertz CT molecular complexity index is 574. The second-order valence-electron chi connectivity index (χ2n) is 3.48. The summed E-state index contributed by atoms with van der Waals surface area (Å²) in [5.41, 5.74) is 0.517. The molecule has 0 aliphatic heterocycles. The number of nitrogens with zero attached hydrogens (tertiary/aromatic N) is 1. The number of benzene rings is 1. The van der Waals surface area contributed by atoms with Gasteiger partial charge in [0.25, 0.3) is 0 Å². The molecule has 2 rings (SSSR count). The number of carboxylic acid groups (broad SMARTS) is 1. The average molecular weight is 245 g/mol. The van der Waals surface area contributed by atoms with Gasteiger partial charge in [0.05, 0.1) is 5.56 Å². The van der Waals surface area contributed by atoms with Crippen LogP contribution in [0.25, 0.3) is 11.3 Å². The molecular weight excluding hydrogens is 234 g/mol. The van der Waals surface area contributed by atoms with Crippen molar-refractivity contribution in [2.75, 3.05) is 6.61 Å². The van der Waals surface area contributed by atoms with Crippen molar-refractivity contribution in [3.8, 4) is 17.1 Å². The summed E-state index contributed by atoms with van der Waals surface area (Å²) in [6.07, 6.45) is 1.62. The molecule has 18 heavy (non-hydrogen) atoms. The molecule has 0 unspecified atom stereocenters. The SMILES string of the molecule is C=CCOc1ccccc1-c1cc(C(=O)O)no1. The van der Waals surface area contributed by atoms with Gasteiger partial charge in [0.2, 0.25) is 0 Å². The summed E-state index contributed by atoms with van der Waals surface area (Å²) in [6, 6.07) is 8.51. The molecular formula is C13H11NO4. The molecule has 0 atom stereocenters. The van der Waals surface area contributed by atoms with Crippen LogP contribution in [-0.2, 0) is 0 Å². The first kappa shape index (κ1) is 11.9. The highest BCUT2D eigenvalue weighted by Crippen LogP contribution is 2.30. The van der Waals surface area contributed by atoms with Gasteiger partial charge in [-0.3, -0.25) is 0 Å². The number of carboxylic acids is 1. The van der Waals surface area contributed by atoms with Gasteiger partial charge in [-0.2, -0.15) is 0 Å². The largest absolute Gasteiger partial charge is 0.489 e. The first-order valence-electron chi connectivity index (χ1n) is 5.25. The monoisotopic (exact) mass is 245 g/mol. The quantitative estimate of drug-likeness (QED) is 0.819. The van der Waals surface area contributed by atoms with Crippen LogP contribution in [0, 0.1) is 0 Å². The van der Waals surface area contributed by atoms with Crippen LogP contribution in [-0.4, -0.2) is 22.8 Å². The summed E-state index contributed by atoms with van der Waals surface area (Å²) in [5, 5.41) is 12.3. The Balaban J connectivity index is 2.36. The number of aromatic nitrogens is 1. The molecule has 0 bridgehead atoms. The van der Waals surface area contributed by atoms with E-state index in [9.17, 15) is 4.79 Å². The van der Waals surface area contributed by atoms with Crippen molar-refractivity contribution < 1.29 is 19.2 Å². The van der Waals surface area contributed by atoms with Gasteiger partial charge in [-0.05, 0) is 12.1 Å². The molecule has 0 saturated heterocycles. The van der Waals surface area contributed by atoms with Crippen molar-refractivity contribution in [3.05, 3.63) is 48.7 Å². The second-order valence-corrected chi connectivity index (χ2v) is 3.48. The number of hydrogen-bond donors (Lipinski definition) is 1. The van der Waals surface area contributed by atoms with Gasteiger partial charge in [0.15, 0.2) is 11.5 Å². The number of hydrogen-bond acceptors (Lipinski definition) is 4. The molecule has 1 heterocycles. The van der Waals surface area contributed by atoms with Crippen LogP contribution in [0.5, 0.6) is 5.75 Å². The minimum absolute atomic E-state index is 0.136. The molecule has 92 valence electrons. The maximum atomic E-state index is 10.7. The fourth-order valence-corrected chi connectivity index (χ4v) is 1.45. The lowest BCUT2D eigenvalue weighted by molar-refractivity contribution is 0.0686. The van der Waals surface area contributed by atoms with Gasteiger partial charge in [-0.1, -0.05) is 29.9 Å². The number of para-hydroxylation sites is 1. The summed E-state index contributed by atoms with van der Waals surface area (Å²) < 4.78 is 10.5. The third-order valence-electron chi connectivity index (χ3n) is 2.24. The summed E-state index contributed by atoms with van der Waals surface area (Å²) in [5.74, 6) is -0.188. The van der Waals surface area contributed by atoms with Crippen LogP contribution in [0.15, 0.2) is 47.5 Å². The fraction of sp³-hybridized carbons (Fsp3) is 0.0769. The number of aromatic carboxylic acids is 1. The summed E-state index contributed by atoms with van der Waals surface area (Å²) in [7, 11) is 0. The molecule has 0 spiro atoms. The van der Waals surface area contributed by atoms with Gasteiger partial charge in [-0.15, -0.1) is 0 Å². The lowest BCUT2D eigenvalue weighted by Crippen LogP contribution is -1.95. The van der Waals surface area contributed by atoms with Gasteiger partial charge < -0.3 is 14.4 Å². The maximum absolute atomic E-state index is 10.7. The predicted octanol–water partition coefficient (Wildman–Crippen LogP) is 2.60. The molecule has 0 aliphatic rings. The molecule has 0 amide bonds. The molecule has 5 heteroatoms. The molecule has 1 aromatic heterocycles. The van der Waals surface area contributed by atoms with E-state index in [0.29, 0.717) is 23.7 Å². The molecule has 0 radical (unpaired) electrons. The number of rotatable bonds is 5. The van der Waals surface area contributed by atoms with E-state index in [-0.39, 0.29) is 5.69 Å². The highest BCUT2D eigenvalue weighted by molar-refractivity contribution is 5.86. The van der Waals surface area contributed by atoms with Gasteiger partial charge in [-0.25, -0.2) is 4.79 Å². The zero-order valence-corrected chi connectivity index (χ0v) is 9.50. The fourth-order valence-electron chi connectivity index (χ4n) is 1.45. The van der Waals surface area contributed by atoms with Crippen LogP contribution in [0.4, 0.5) is 0 Å². The van der Waals surface area contributed by atoms with Crippen molar-refractivity contribution in [1.29, 1.82) is 0 Å². The van der Waals surface area contributed by atoms with Crippen molar-refractivity contribution in [1.82, 2.24) is 5.16 Å². The Morgan fingerprint density at radius 3 is 2.94 bits per heavy atom. The molecule has 0 saturated carbocycles. The molecule has 0 fully saturated rings. The van der Waals surface area contributed by atoms with Crippen molar-refractivity contribution in [2.24, 2.45) is 0 Å². The van der Waals surface area contributed by atoms with E-state index in [1.54, 1.807) is 24.3 Å². The van der Waals surface area contributed by atoms with Crippen LogP contribution in [0.2, 0.25) is 0 Å². The van der Waals surface area contributed by atoms with E-state index in [1.807, 2.05) is 6.07 Å². The molecule has 1 N–H and O–H groups in total. The summed E-state index contributed by atoms with van der Waals surface area (Å²) in [4.78, 5) is 10.7. The minimum Gasteiger partial charge on any atom is -0.489 e. The van der Waals surface area contributed by atoms with Crippen molar-refractivity contribution >= 4 is 5.97 Å². The Morgan fingerprint density at radius 2 is 2.28 bits per heavy atom. The second kappa shape index (κ2) is 5.18. The average Bonchev–Trinajstić information content (AvgIpc) is 2.86. The first-order chi connectivity index (χ1) is 8.72. The van der Waals surface area contributed by atoms with E-state index >= 15 is 0 Å². The Labute approximate surface area is 103 Å². The van der Waals surface area contributed by atoms with E-state index in [2.05, 4.69) is 11.7 Å². The van der Waals surface area contributed by atoms with Crippen molar-refractivity contribution in [2.45, 2.75) is 0 Å². The lowest BCUT2D eigenvalue weighted by Gasteiger charge is -2.06. The topological polar surface area (TPSA) is 72.6 Å². The van der Waals surface area contributed by atoms with Crippen LogP contribution in [0.3, 0.4) is 0 Å². The maximum Gasteiger partial charge on any atom is 0.358 e. The van der Waals surface area contributed by atoms with Gasteiger partial charge in [0.1, 0.15) is 12.4 Å². The van der Waals surface area contributed by atoms with E-state index < -0.39 is 5.97 Å². The Hall–Kier alpha value is -2.56. The van der Waals surface area contributed by atoms with Crippen molar-refractivity contribution in [3.63, 3.8) is 0 Å². The zero-order valence-electron chi connectivity index (χ0n) is 9.50. The lowest BCUT2D eigenvalue weighted by atomic mass is 10.1. The Morgan fingerprint density at radius 1 is 1.50 bits per heavy atom. The summed E-state index contributed by atoms with van der Waals surface area (Å²) in [6.45, 7) is 3.93. The van der Waals surface area contributed by atoms with Crippen LogP contribution >= 0.6 is 0 Å². The van der Waals surface area contributed by atoms with E-state index in [4.69, 9.17) is 14.4 Å². The minimum atomic E-state index is -1.13. The van der Waals surface area contributed by atoms with Gasteiger partial charge >= 0.3 is 5.97 Å². The van der Waals surface area contributed by atoms with E-state index in [1.165, 1.54) is 6.07 Å². The van der Waals surface area contributed by atoms with E-state index in [0.717, 1.165) is 0 Å². The molecule has 2 aromatic rings. The zero-order chi connectivity index (χ0) is 13.0. The standard InChI is InChI=1S/C13H11NO4/c1-2-7-17-11-6-4-3-5-9(11)12-8-10(13(15)16)14-18-12/h2-6,8H,1,7H2,(H,15,16). The van der Waals surface area contributed by atoms with Gasteiger partial charge in [0, 0.05) is 6.07 Å².